The molecule has 4 saturated carbocycles. The summed E-state index contributed by atoms with van der Waals surface area (Å²) in [6, 6.07) is 0. The lowest BCUT2D eigenvalue weighted by Crippen LogP contribution is -2.48. The highest BCUT2D eigenvalue weighted by Crippen LogP contribution is 2.56. The normalized spacial score (nSPS) is 33.5. The van der Waals surface area contributed by atoms with Gasteiger partial charge in [-0.05, 0) is 55.8 Å². The first-order valence-corrected chi connectivity index (χ1v) is 8.84. The molecular formula is C17H25N5O2. The van der Waals surface area contributed by atoms with Crippen molar-refractivity contribution < 1.29 is 9.53 Å². The summed E-state index contributed by atoms with van der Waals surface area (Å²) in [6.45, 7) is 0.0647. The van der Waals surface area contributed by atoms with Gasteiger partial charge in [0.2, 0.25) is 11.9 Å². The van der Waals surface area contributed by atoms with E-state index < -0.39 is 0 Å². The van der Waals surface area contributed by atoms with E-state index in [9.17, 15) is 4.79 Å². The molecule has 4 aliphatic carbocycles. The Morgan fingerprint density at radius 3 is 2.29 bits per heavy atom. The molecule has 2 N–H and O–H groups in total. The number of ether oxygens (including phenoxy) is 1. The topological polar surface area (TPSA) is 94.2 Å². The fraction of sp³-hybridized carbons (Fsp3) is 0.765. The van der Waals surface area contributed by atoms with Gasteiger partial charge in [0.25, 0.3) is 0 Å². The highest BCUT2D eigenvalue weighted by molar-refractivity contribution is 5.73. The summed E-state index contributed by atoms with van der Waals surface area (Å²) in [6.07, 6.45) is 6.20. The van der Waals surface area contributed by atoms with E-state index in [1.807, 2.05) is 14.1 Å². The zero-order chi connectivity index (χ0) is 16.8. The van der Waals surface area contributed by atoms with Crippen LogP contribution in [0.5, 0.6) is 0 Å². The van der Waals surface area contributed by atoms with Gasteiger partial charge in [0.15, 0.2) is 12.4 Å². The average Bonchev–Trinajstić information content (AvgIpc) is 2.51. The van der Waals surface area contributed by atoms with E-state index >= 15 is 0 Å². The van der Waals surface area contributed by atoms with Crippen LogP contribution in [0.1, 0.15) is 37.9 Å². The second-order valence-corrected chi connectivity index (χ2v) is 7.87. The van der Waals surface area contributed by atoms with Crippen molar-refractivity contribution >= 4 is 17.9 Å². The van der Waals surface area contributed by atoms with Gasteiger partial charge in [0.05, 0.1) is 5.92 Å². The van der Waals surface area contributed by atoms with Crippen LogP contribution in [0.4, 0.5) is 11.9 Å². The average molecular weight is 331 g/mol. The number of esters is 1. The quantitative estimate of drug-likeness (QED) is 0.838. The molecule has 0 unspecified atom stereocenters. The predicted octanol–water partition coefficient (Wildman–Crippen LogP) is 1.64. The number of rotatable bonds is 4. The van der Waals surface area contributed by atoms with Crippen molar-refractivity contribution in [1.29, 1.82) is 0 Å². The van der Waals surface area contributed by atoms with E-state index in [4.69, 9.17) is 10.5 Å². The Hall–Kier alpha value is -1.92. The zero-order valence-electron chi connectivity index (χ0n) is 14.3. The van der Waals surface area contributed by atoms with Crippen molar-refractivity contribution in [2.75, 3.05) is 24.7 Å². The van der Waals surface area contributed by atoms with Gasteiger partial charge in [0, 0.05) is 14.1 Å². The molecule has 7 heteroatoms. The molecule has 4 fully saturated rings. The number of carbonyl (C=O) groups is 1. The minimum atomic E-state index is -0.0748. The molecule has 1 heterocycles. The Kier molecular flexibility index (Phi) is 3.81. The Morgan fingerprint density at radius 2 is 1.71 bits per heavy atom. The standard InChI is InChI=1S/C17H25N5O2/c1-22(2)17-20-13(19-16(18)21-17)8-24-15(23)14-11-4-9-3-10(6-11)7-12(14)5-9/h9-12,14H,3-8H2,1-2H3,(H2,18,19,20,21). The van der Waals surface area contributed by atoms with Crippen LogP contribution in [0.25, 0.3) is 0 Å². The van der Waals surface area contributed by atoms with E-state index in [-0.39, 0.29) is 24.4 Å². The Labute approximate surface area is 142 Å². The predicted molar refractivity (Wildman–Crippen MR) is 88.9 cm³/mol. The molecule has 0 radical (unpaired) electrons. The third kappa shape index (κ3) is 2.80. The number of hydrogen-bond donors (Lipinski definition) is 1. The van der Waals surface area contributed by atoms with Crippen molar-refractivity contribution in [3.8, 4) is 0 Å². The lowest BCUT2D eigenvalue weighted by molar-refractivity contribution is -0.164. The summed E-state index contributed by atoms with van der Waals surface area (Å²) in [5.41, 5.74) is 5.71. The second-order valence-electron chi connectivity index (χ2n) is 7.87. The first-order chi connectivity index (χ1) is 11.5. The van der Waals surface area contributed by atoms with Crippen molar-refractivity contribution in [1.82, 2.24) is 15.0 Å². The summed E-state index contributed by atoms with van der Waals surface area (Å²) < 4.78 is 5.58. The van der Waals surface area contributed by atoms with Gasteiger partial charge in [-0.15, -0.1) is 0 Å². The molecular weight excluding hydrogens is 306 g/mol. The van der Waals surface area contributed by atoms with Crippen LogP contribution in [0.2, 0.25) is 0 Å². The fourth-order valence-electron chi connectivity index (χ4n) is 5.23. The van der Waals surface area contributed by atoms with Crippen LogP contribution in [0.15, 0.2) is 0 Å². The van der Waals surface area contributed by atoms with Crippen molar-refractivity contribution in [3.05, 3.63) is 5.82 Å². The first kappa shape index (κ1) is 15.6. The fourth-order valence-corrected chi connectivity index (χ4v) is 5.23. The van der Waals surface area contributed by atoms with Gasteiger partial charge in [-0.1, -0.05) is 0 Å². The van der Waals surface area contributed by atoms with Crippen LogP contribution < -0.4 is 10.6 Å². The third-order valence-electron chi connectivity index (χ3n) is 5.93. The highest BCUT2D eigenvalue weighted by Gasteiger charge is 2.51. The van der Waals surface area contributed by atoms with Crippen molar-refractivity contribution in [3.63, 3.8) is 0 Å². The SMILES string of the molecule is CN(C)c1nc(N)nc(COC(=O)C2C3CC4CC(C3)CC2C4)n1. The second kappa shape index (κ2) is 5.86. The number of nitrogens with zero attached hydrogens (tertiary/aromatic N) is 4. The van der Waals surface area contributed by atoms with E-state index in [2.05, 4.69) is 15.0 Å². The van der Waals surface area contributed by atoms with Crippen LogP contribution in [-0.4, -0.2) is 35.0 Å². The van der Waals surface area contributed by atoms with Gasteiger partial charge >= 0.3 is 5.97 Å². The molecule has 4 aliphatic rings. The van der Waals surface area contributed by atoms with Crippen LogP contribution in [0.3, 0.4) is 0 Å². The maximum Gasteiger partial charge on any atom is 0.309 e. The van der Waals surface area contributed by atoms with Gasteiger partial charge in [-0.3, -0.25) is 4.79 Å². The molecule has 0 spiro atoms. The minimum absolute atomic E-state index is 0.0647. The van der Waals surface area contributed by atoms with Gasteiger partial charge < -0.3 is 15.4 Å². The molecule has 1 aromatic heterocycles. The van der Waals surface area contributed by atoms with Crippen LogP contribution in [0, 0.1) is 29.6 Å². The van der Waals surface area contributed by atoms with Crippen LogP contribution in [-0.2, 0) is 16.1 Å². The Bertz CT molecular complexity index is 620. The van der Waals surface area contributed by atoms with Gasteiger partial charge in [-0.2, -0.15) is 15.0 Å². The van der Waals surface area contributed by atoms with Crippen molar-refractivity contribution in [2.45, 2.75) is 38.7 Å². The number of nitrogens with two attached hydrogens (primary N) is 1. The summed E-state index contributed by atoms with van der Waals surface area (Å²) >= 11 is 0. The largest absolute Gasteiger partial charge is 0.457 e. The Balaban J connectivity index is 1.42. The minimum Gasteiger partial charge on any atom is -0.457 e. The van der Waals surface area contributed by atoms with Crippen LogP contribution >= 0.6 is 0 Å². The molecule has 0 saturated heterocycles. The number of anilines is 2. The van der Waals surface area contributed by atoms with Gasteiger partial charge in [-0.25, -0.2) is 0 Å². The van der Waals surface area contributed by atoms with E-state index in [0.717, 1.165) is 11.8 Å². The number of aromatic nitrogens is 3. The molecule has 7 nitrogen and oxygen atoms in total. The molecule has 0 atom stereocenters. The summed E-state index contributed by atoms with van der Waals surface area (Å²) in [5.74, 6) is 3.77. The van der Waals surface area contributed by atoms with E-state index in [1.54, 1.807) is 4.90 Å². The third-order valence-corrected chi connectivity index (χ3v) is 5.93. The van der Waals surface area contributed by atoms with E-state index in [0.29, 0.717) is 23.6 Å². The van der Waals surface area contributed by atoms with Gasteiger partial charge in [0.1, 0.15) is 0 Å². The highest BCUT2D eigenvalue weighted by atomic mass is 16.5. The molecule has 1 aromatic rings. The van der Waals surface area contributed by atoms with E-state index in [1.165, 1.54) is 32.1 Å². The lowest BCUT2D eigenvalue weighted by atomic mass is 9.52. The molecule has 0 aliphatic heterocycles. The first-order valence-electron chi connectivity index (χ1n) is 8.84. The van der Waals surface area contributed by atoms with Crippen molar-refractivity contribution in [2.24, 2.45) is 29.6 Å². The summed E-state index contributed by atoms with van der Waals surface area (Å²) in [7, 11) is 3.66. The molecule has 4 bridgehead atoms. The lowest BCUT2D eigenvalue weighted by Gasteiger charge is -2.53. The molecule has 0 amide bonds. The number of carbonyl (C=O) groups excluding carboxylic acids is 1. The zero-order valence-corrected chi connectivity index (χ0v) is 14.3. The Morgan fingerprint density at radius 1 is 1.08 bits per heavy atom. The molecule has 24 heavy (non-hydrogen) atoms. The monoisotopic (exact) mass is 331 g/mol. The molecule has 0 aromatic carbocycles. The maximum absolute atomic E-state index is 12.7. The summed E-state index contributed by atoms with van der Waals surface area (Å²) in [4.78, 5) is 26.8. The number of hydrogen-bond acceptors (Lipinski definition) is 7. The number of nitrogen functional groups attached to an aromatic ring is 1. The molecule has 130 valence electrons. The molecule has 5 rings (SSSR count). The smallest absolute Gasteiger partial charge is 0.309 e. The maximum atomic E-state index is 12.7. The summed E-state index contributed by atoms with van der Waals surface area (Å²) in [5, 5.41) is 0.